The van der Waals surface area contributed by atoms with Gasteiger partial charge in [0, 0.05) is 10.5 Å². The molecule has 0 amide bonds. The fourth-order valence-electron chi connectivity index (χ4n) is 1.16. The van der Waals surface area contributed by atoms with E-state index in [1.165, 1.54) is 0 Å². The van der Waals surface area contributed by atoms with Gasteiger partial charge in [0.25, 0.3) is 0 Å². The highest BCUT2D eigenvalue weighted by molar-refractivity contribution is 5.18. The molecule has 0 spiro atoms. The summed E-state index contributed by atoms with van der Waals surface area (Å²) in [5.74, 6) is 0.322. The zero-order chi connectivity index (χ0) is 12.5. The second-order valence-electron chi connectivity index (χ2n) is 3.31. The number of hydrogen-bond donors (Lipinski definition) is 1. The van der Waals surface area contributed by atoms with Gasteiger partial charge in [-0.1, -0.05) is 48.5 Å². The first-order chi connectivity index (χ1) is 8.18. The highest BCUT2D eigenvalue weighted by Crippen LogP contribution is 2.02. The van der Waals surface area contributed by atoms with E-state index in [4.69, 9.17) is 5.11 Å². The highest BCUT2D eigenvalue weighted by Gasteiger charge is 1.97. The zero-order valence-corrected chi connectivity index (χ0v) is 9.19. The van der Waals surface area contributed by atoms with Gasteiger partial charge in [-0.3, -0.25) is 10.1 Å². The van der Waals surface area contributed by atoms with Crippen molar-refractivity contribution in [1.29, 1.82) is 0 Å². The van der Waals surface area contributed by atoms with Crippen LogP contribution in [0.15, 0.2) is 60.7 Å². The number of rotatable bonds is 2. The summed E-state index contributed by atoms with van der Waals surface area (Å²) in [6.45, 7) is -0.0825. The summed E-state index contributed by atoms with van der Waals surface area (Å²) >= 11 is 0. The first-order valence-corrected chi connectivity index (χ1v) is 5.08. The Morgan fingerprint density at radius 3 is 1.76 bits per heavy atom. The minimum Gasteiger partial charge on any atom is -0.508 e. The number of aromatic hydroxyl groups is 1. The average Bonchev–Trinajstić information content (AvgIpc) is 2.31. The van der Waals surface area contributed by atoms with Gasteiger partial charge in [0.05, 0.1) is 0 Å². The summed E-state index contributed by atoms with van der Waals surface area (Å²) in [6.07, 6.45) is 0. The van der Waals surface area contributed by atoms with Crippen LogP contribution in [0.1, 0.15) is 5.56 Å². The number of phenols is 1. The van der Waals surface area contributed by atoms with E-state index in [2.05, 4.69) is 0 Å². The molecule has 0 aliphatic carbocycles. The Balaban J connectivity index is 0.000000181. The smallest absolute Gasteiger partial charge is 0.228 e. The zero-order valence-electron chi connectivity index (χ0n) is 9.19. The molecular formula is C13H13NO3. The fourth-order valence-corrected chi connectivity index (χ4v) is 1.16. The number of benzene rings is 2. The maximum Gasteiger partial charge on any atom is 0.228 e. The molecule has 4 nitrogen and oxygen atoms in total. The number of nitrogens with zero attached hydrogens (tertiary/aromatic N) is 1. The minimum absolute atomic E-state index is 0.0825. The lowest BCUT2D eigenvalue weighted by molar-refractivity contribution is -0.496. The molecule has 88 valence electrons. The van der Waals surface area contributed by atoms with Gasteiger partial charge in [-0.25, -0.2) is 0 Å². The average molecular weight is 231 g/mol. The van der Waals surface area contributed by atoms with Crippen molar-refractivity contribution in [3.8, 4) is 5.75 Å². The van der Waals surface area contributed by atoms with Crippen LogP contribution in [0.3, 0.4) is 0 Å². The third-order valence-electron chi connectivity index (χ3n) is 1.91. The van der Waals surface area contributed by atoms with Crippen LogP contribution in [0.2, 0.25) is 0 Å². The largest absolute Gasteiger partial charge is 0.508 e. The second-order valence-corrected chi connectivity index (χ2v) is 3.31. The van der Waals surface area contributed by atoms with Crippen LogP contribution in [-0.2, 0) is 6.54 Å². The molecule has 0 aliphatic heterocycles. The Morgan fingerprint density at radius 1 is 0.941 bits per heavy atom. The molecule has 0 saturated carbocycles. The van der Waals surface area contributed by atoms with Crippen LogP contribution in [0, 0.1) is 10.1 Å². The first kappa shape index (κ1) is 12.7. The molecule has 0 fully saturated rings. The Kier molecular flexibility index (Phi) is 5.24. The van der Waals surface area contributed by atoms with Gasteiger partial charge in [-0.15, -0.1) is 0 Å². The fraction of sp³-hybridized carbons (Fsp3) is 0.0769. The van der Waals surface area contributed by atoms with Crippen LogP contribution in [-0.4, -0.2) is 10.0 Å². The van der Waals surface area contributed by atoms with Crippen molar-refractivity contribution >= 4 is 0 Å². The van der Waals surface area contributed by atoms with E-state index in [1.54, 1.807) is 48.5 Å². The molecule has 0 saturated heterocycles. The summed E-state index contributed by atoms with van der Waals surface area (Å²) in [5, 5.41) is 18.6. The lowest BCUT2D eigenvalue weighted by Crippen LogP contribution is -1.96. The van der Waals surface area contributed by atoms with Gasteiger partial charge < -0.3 is 5.11 Å². The molecule has 17 heavy (non-hydrogen) atoms. The molecule has 0 aromatic heterocycles. The van der Waals surface area contributed by atoms with Crippen molar-refractivity contribution in [2.24, 2.45) is 0 Å². The predicted octanol–water partition coefficient (Wildman–Crippen LogP) is 2.86. The number of para-hydroxylation sites is 1. The monoisotopic (exact) mass is 231 g/mol. The van der Waals surface area contributed by atoms with E-state index in [0.717, 1.165) is 5.56 Å². The van der Waals surface area contributed by atoms with Gasteiger partial charge in [0.2, 0.25) is 6.54 Å². The van der Waals surface area contributed by atoms with E-state index < -0.39 is 0 Å². The maximum atomic E-state index is 9.97. The van der Waals surface area contributed by atoms with Gasteiger partial charge >= 0.3 is 0 Å². The molecule has 0 heterocycles. The molecule has 0 bridgehead atoms. The van der Waals surface area contributed by atoms with Gasteiger partial charge in [0.15, 0.2) is 0 Å². The van der Waals surface area contributed by atoms with E-state index in [-0.39, 0.29) is 11.5 Å². The van der Waals surface area contributed by atoms with E-state index in [9.17, 15) is 10.1 Å². The van der Waals surface area contributed by atoms with Crippen LogP contribution in [0.25, 0.3) is 0 Å². The Bertz CT molecular complexity index is 443. The normalized spacial score (nSPS) is 8.94. The lowest BCUT2D eigenvalue weighted by atomic mass is 10.2. The molecule has 0 unspecified atom stereocenters. The van der Waals surface area contributed by atoms with Crippen molar-refractivity contribution in [1.82, 2.24) is 0 Å². The number of nitro groups is 1. The van der Waals surface area contributed by atoms with Crippen LogP contribution in [0.4, 0.5) is 0 Å². The Morgan fingerprint density at radius 2 is 1.41 bits per heavy atom. The van der Waals surface area contributed by atoms with Gasteiger partial charge in [-0.2, -0.15) is 0 Å². The maximum absolute atomic E-state index is 9.97. The first-order valence-electron chi connectivity index (χ1n) is 5.08. The van der Waals surface area contributed by atoms with Crippen molar-refractivity contribution in [3.63, 3.8) is 0 Å². The van der Waals surface area contributed by atoms with E-state index in [1.807, 2.05) is 12.1 Å². The van der Waals surface area contributed by atoms with E-state index in [0.29, 0.717) is 5.75 Å². The summed E-state index contributed by atoms with van der Waals surface area (Å²) in [7, 11) is 0. The molecule has 0 atom stereocenters. The highest BCUT2D eigenvalue weighted by atomic mass is 16.6. The van der Waals surface area contributed by atoms with Gasteiger partial charge in [0.1, 0.15) is 5.75 Å². The lowest BCUT2D eigenvalue weighted by Gasteiger charge is -1.90. The number of phenolic OH excluding ortho intramolecular Hbond substituents is 1. The molecule has 2 aromatic carbocycles. The Labute approximate surface area is 99.3 Å². The van der Waals surface area contributed by atoms with Gasteiger partial charge in [-0.05, 0) is 12.1 Å². The second kappa shape index (κ2) is 7.00. The van der Waals surface area contributed by atoms with Crippen LogP contribution in [0.5, 0.6) is 5.75 Å². The standard InChI is InChI=1S/C7H7NO2.C6H6O/c9-8(10)6-7-4-2-1-3-5-7;7-6-4-2-1-3-5-6/h1-5H,6H2;1-5,7H. The SMILES string of the molecule is O=[N+]([O-])Cc1ccccc1.Oc1ccccc1. The van der Waals surface area contributed by atoms with Crippen molar-refractivity contribution in [2.45, 2.75) is 6.54 Å². The van der Waals surface area contributed by atoms with Crippen molar-refractivity contribution in [3.05, 3.63) is 76.3 Å². The third kappa shape index (κ3) is 5.94. The molecule has 4 heteroatoms. The third-order valence-corrected chi connectivity index (χ3v) is 1.91. The molecule has 1 N–H and O–H groups in total. The summed E-state index contributed by atoms with van der Waals surface area (Å²) in [5.41, 5.74) is 0.743. The molecule has 2 rings (SSSR count). The number of hydrogen-bond acceptors (Lipinski definition) is 3. The summed E-state index contributed by atoms with van der Waals surface area (Å²) < 4.78 is 0. The van der Waals surface area contributed by atoms with Crippen molar-refractivity contribution < 1.29 is 10.0 Å². The quantitative estimate of drug-likeness (QED) is 0.638. The predicted molar refractivity (Wildman–Crippen MR) is 65.2 cm³/mol. The molecular weight excluding hydrogens is 218 g/mol. The molecule has 0 aliphatic rings. The van der Waals surface area contributed by atoms with Crippen LogP contribution >= 0.6 is 0 Å². The van der Waals surface area contributed by atoms with Crippen molar-refractivity contribution in [2.75, 3.05) is 0 Å². The summed E-state index contributed by atoms with van der Waals surface area (Å²) in [4.78, 5) is 9.64. The minimum atomic E-state index is -0.338. The summed E-state index contributed by atoms with van der Waals surface area (Å²) in [6, 6.07) is 17.6. The molecule has 0 radical (unpaired) electrons. The van der Waals surface area contributed by atoms with Crippen LogP contribution < -0.4 is 0 Å². The van der Waals surface area contributed by atoms with E-state index >= 15 is 0 Å². The Hall–Kier alpha value is -2.36. The molecule has 2 aromatic rings. The topological polar surface area (TPSA) is 63.4 Å².